The summed E-state index contributed by atoms with van der Waals surface area (Å²) in [4.78, 5) is 16.6. The summed E-state index contributed by atoms with van der Waals surface area (Å²) < 4.78 is 2.71. The number of aliphatic hydroxyl groups is 1. The molecule has 2 heterocycles. The molecule has 0 aliphatic carbocycles. The van der Waals surface area contributed by atoms with E-state index in [1.807, 2.05) is 45.2 Å². The Kier molecular flexibility index (Phi) is 13.5. The molecule has 0 aliphatic heterocycles. The molecule has 0 saturated heterocycles. The van der Waals surface area contributed by atoms with E-state index >= 15 is 0 Å². The third-order valence-corrected chi connectivity index (χ3v) is 12.5. The minimum Gasteiger partial charge on any atom is -0.512 e. The average Bonchev–Trinajstić information content (AvgIpc) is 3.40. The maximum absolute atomic E-state index is 11.7. The third-order valence-electron chi connectivity index (χ3n) is 8.99. The molecule has 1 radical (unpaired) electrons. The zero-order chi connectivity index (χ0) is 32.9. The number of fused-ring (bicyclic) bond motifs is 4. The Balaban J connectivity index is 0.000000309. The van der Waals surface area contributed by atoms with Gasteiger partial charge in [-0.15, -0.1) is 40.5 Å². The summed E-state index contributed by atoms with van der Waals surface area (Å²) in [5.74, 6) is 0.995. The number of rotatable bonds is 10. The van der Waals surface area contributed by atoms with Crippen molar-refractivity contribution in [3.63, 3.8) is 0 Å². The third kappa shape index (κ3) is 8.25. The number of thiophene rings is 1. The number of carbonyl (C=O) groups is 1. The summed E-state index contributed by atoms with van der Waals surface area (Å²) in [6.45, 7) is 19.9. The zero-order valence-corrected chi connectivity index (χ0v) is 33.2. The molecule has 5 rings (SSSR count). The number of aromatic nitrogens is 1. The predicted molar refractivity (Wildman–Crippen MR) is 200 cm³/mol. The van der Waals surface area contributed by atoms with Crippen LogP contribution in [0, 0.1) is 17.9 Å². The zero-order valence-electron chi connectivity index (χ0n) is 29.0. The molecule has 0 amide bonds. The minimum atomic E-state index is -1.44. The van der Waals surface area contributed by atoms with E-state index < -0.39 is 8.07 Å². The largest absolute Gasteiger partial charge is 0.512 e. The van der Waals surface area contributed by atoms with Crippen LogP contribution in [-0.2, 0) is 24.9 Å². The van der Waals surface area contributed by atoms with Crippen molar-refractivity contribution in [2.45, 2.75) is 92.8 Å². The fraction of sp³-hybridized carbons (Fsp3) is 0.400. The summed E-state index contributed by atoms with van der Waals surface area (Å²) in [6, 6.07) is 23.6. The number of aliphatic hydroxyl groups excluding tert-OH is 1. The van der Waals surface area contributed by atoms with Crippen molar-refractivity contribution in [1.29, 1.82) is 0 Å². The number of nitrogens with zero attached hydrogens (tertiary/aromatic N) is 1. The van der Waals surface area contributed by atoms with Crippen molar-refractivity contribution in [2.75, 3.05) is 0 Å². The van der Waals surface area contributed by atoms with E-state index in [1.165, 1.54) is 47.8 Å². The van der Waals surface area contributed by atoms with Gasteiger partial charge in [0.25, 0.3) is 0 Å². The standard InChI is InChI=1S/C27H26NSSi.C13H24O2.Ir/c1-17(2)23-16-19(15-18-9-6-7-10-20(18)23)25-27-22(13-14-28-25)21-11-8-12-24(26(21)29-27)30(3,4)5;1-5-10(6-2)12(14)9-13(15)11(7-3)8-4;/h6-14,16-17H,1-5H3;9-11,14H,5-8H2,1-4H3;/q-1;;/b;12-9-;. The van der Waals surface area contributed by atoms with Crippen molar-refractivity contribution in [3.8, 4) is 11.3 Å². The fourth-order valence-corrected chi connectivity index (χ4v) is 9.85. The molecule has 0 atom stereocenters. The van der Waals surface area contributed by atoms with E-state index in [0.717, 1.165) is 36.9 Å². The average molecular weight is 829 g/mol. The van der Waals surface area contributed by atoms with Crippen molar-refractivity contribution >= 4 is 61.3 Å². The first kappa shape index (κ1) is 37.8. The first-order valence-corrected chi connectivity index (χ1v) is 21.0. The van der Waals surface area contributed by atoms with Gasteiger partial charge >= 0.3 is 0 Å². The molecule has 247 valence electrons. The van der Waals surface area contributed by atoms with Gasteiger partial charge in [0.05, 0.1) is 13.8 Å². The van der Waals surface area contributed by atoms with E-state index in [4.69, 9.17) is 4.98 Å². The Morgan fingerprint density at radius 2 is 1.48 bits per heavy atom. The maximum atomic E-state index is 11.7. The second kappa shape index (κ2) is 16.5. The Hall–Kier alpha value is -2.63. The van der Waals surface area contributed by atoms with Crippen LogP contribution in [0.5, 0.6) is 0 Å². The maximum Gasteiger partial charge on any atom is 0.162 e. The molecule has 0 unspecified atom stereocenters. The molecule has 3 nitrogen and oxygen atoms in total. The van der Waals surface area contributed by atoms with Gasteiger partial charge in [-0.2, -0.15) is 0 Å². The number of allylic oxidation sites excluding steroid dienone is 2. The van der Waals surface area contributed by atoms with Crippen LogP contribution < -0.4 is 5.19 Å². The molecule has 2 aromatic heterocycles. The first-order valence-electron chi connectivity index (χ1n) is 16.6. The number of pyridine rings is 1. The van der Waals surface area contributed by atoms with Gasteiger partial charge in [-0.25, -0.2) is 0 Å². The van der Waals surface area contributed by atoms with Gasteiger partial charge in [-0.1, -0.05) is 109 Å². The minimum absolute atomic E-state index is 0. The molecular weight excluding hydrogens is 779 g/mol. The molecular formula is C40H50IrNO2SSi-. The van der Waals surface area contributed by atoms with Gasteiger partial charge in [0.2, 0.25) is 0 Å². The van der Waals surface area contributed by atoms with Crippen molar-refractivity contribution < 1.29 is 30.0 Å². The monoisotopic (exact) mass is 829 g/mol. The molecule has 0 fully saturated rings. The Bertz CT molecular complexity index is 1810. The van der Waals surface area contributed by atoms with Crippen LogP contribution in [0.25, 0.3) is 42.2 Å². The van der Waals surface area contributed by atoms with E-state index in [-0.39, 0.29) is 43.5 Å². The summed E-state index contributed by atoms with van der Waals surface area (Å²) in [5.41, 5.74) is 3.52. The molecule has 0 aliphatic rings. The van der Waals surface area contributed by atoms with E-state index in [0.29, 0.717) is 5.92 Å². The van der Waals surface area contributed by atoms with Gasteiger partial charge < -0.3 is 5.11 Å². The summed E-state index contributed by atoms with van der Waals surface area (Å²) >= 11 is 1.91. The van der Waals surface area contributed by atoms with Crippen LogP contribution in [0.3, 0.4) is 0 Å². The Morgan fingerprint density at radius 1 is 0.870 bits per heavy atom. The fourth-order valence-electron chi connectivity index (χ4n) is 6.15. The van der Waals surface area contributed by atoms with Crippen LogP contribution in [-0.4, -0.2) is 23.9 Å². The van der Waals surface area contributed by atoms with Crippen molar-refractivity contribution in [3.05, 3.63) is 84.3 Å². The van der Waals surface area contributed by atoms with E-state index in [2.05, 4.69) is 94.2 Å². The molecule has 0 saturated carbocycles. The van der Waals surface area contributed by atoms with E-state index in [1.54, 1.807) is 0 Å². The first-order chi connectivity index (χ1) is 21.4. The number of ketones is 1. The van der Waals surface area contributed by atoms with Gasteiger partial charge in [-0.3, -0.25) is 9.78 Å². The van der Waals surface area contributed by atoms with Crippen LogP contribution in [0.1, 0.15) is 78.7 Å². The van der Waals surface area contributed by atoms with Gasteiger partial charge in [0.1, 0.15) is 0 Å². The van der Waals surface area contributed by atoms with Crippen LogP contribution in [0.2, 0.25) is 19.6 Å². The van der Waals surface area contributed by atoms with Crippen LogP contribution >= 0.6 is 11.3 Å². The topological polar surface area (TPSA) is 50.2 Å². The molecule has 1 N–H and O–H groups in total. The number of benzene rings is 3. The number of hydrogen-bond donors (Lipinski definition) is 1. The normalized spacial score (nSPS) is 12.2. The molecule has 0 spiro atoms. The molecule has 6 heteroatoms. The SMILES string of the molecule is CC(C)c1cc(-c2nccc3c2sc2c([Si](C)(C)C)cccc23)[c-]c2ccccc12.CCC(CC)C(=O)/C=C(\O)C(CC)CC.[Ir]. The van der Waals surface area contributed by atoms with Crippen LogP contribution in [0.15, 0.2) is 72.6 Å². The molecule has 5 aromatic rings. The smallest absolute Gasteiger partial charge is 0.162 e. The van der Waals surface area contributed by atoms with Crippen molar-refractivity contribution in [1.82, 2.24) is 4.98 Å². The predicted octanol–water partition coefficient (Wildman–Crippen LogP) is 11.6. The number of carbonyl (C=O) groups excluding carboxylic acids is 1. The Morgan fingerprint density at radius 3 is 2.09 bits per heavy atom. The second-order valence-electron chi connectivity index (χ2n) is 13.4. The summed E-state index contributed by atoms with van der Waals surface area (Å²) in [6.07, 6.45) is 6.87. The van der Waals surface area contributed by atoms with Gasteiger partial charge in [-0.05, 0) is 53.6 Å². The van der Waals surface area contributed by atoms with E-state index in [9.17, 15) is 9.90 Å². The van der Waals surface area contributed by atoms with Crippen molar-refractivity contribution in [2.24, 2.45) is 11.8 Å². The number of hydrogen-bond acceptors (Lipinski definition) is 4. The molecule has 3 aromatic carbocycles. The Labute approximate surface area is 294 Å². The molecule has 0 bridgehead atoms. The van der Waals surface area contributed by atoms with Gasteiger partial charge in [0, 0.05) is 59.3 Å². The quantitative estimate of drug-likeness (QED) is 0.0660. The summed E-state index contributed by atoms with van der Waals surface area (Å²) in [5, 5.41) is 16.4. The molecule has 46 heavy (non-hydrogen) atoms. The second-order valence-corrected chi connectivity index (χ2v) is 19.5. The van der Waals surface area contributed by atoms with Gasteiger partial charge in [0.15, 0.2) is 5.78 Å². The summed E-state index contributed by atoms with van der Waals surface area (Å²) in [7, 11) is -1.44. The van der Waals surface area contributed by atoms with Crippen LogP contribution in [0.4, 0.5) is 0 Å².